The SMILES string of the molecule is Cc1cccc2c(=O)[nH]c3ccccc3c12. The van der Waals surface area contributed by atoms with Crippen molar-refractivity contribution in [3.05, 3.63) is 58.4 Å². The van der Waals surface area contributed by atoms with Crippen molar-refractivity contribution in [1.29, 1.82) is 0 Å². The number of para-hydroxylation sites is 1. The lowest BCUT2D eigenvalue weighted by atomic mass is 10.0. The van der Waals surface area contributed by atoms with Crippen LogP contribution in [0.5, 0.6) is 0 Å². The van der Waals surface area contributed by atoms with Crippen molar-refractivity contribution in [3.8, 4) is 0 Å². The first-order valence-electron chi connectivity index (χ1n) is 5.28. The van der Waals surface area contributed by atoms with Gasteiger partial charge in [0.1, 0.15) is 0 Å². The summed E-state index contributed by atoms with van der Waals surface area (Å²) in [7, 11) is 0. The molecule has 2 nitrogen and oxygen atoms in total. The highest BCUT2D eigenvalue weighted by molar-refractivity contribution is 6.06. The van der Waals surface area contributed by atoms with Gasteiger partial charge in [-0.1, -0.05) is 30.3 Å². The van der Waals surface area contributed by atoms with Crippen molar-refractivity contribution in [2.75, 3.05) is 0 Å². The van der Waals surface area contributed by atoms with Crippen LogP contribution >= 0.6 is 0 Å². The number of fused-ring (bicyclic) bond motifs is 3. The van der Waals surface area contributed by atoms with E-state index in [0.29, 0.717) is 0 Å². The van der Waals surface area contributed by atoms with Crippen LogP contribution in [-0.2, 0) is 0 Å². The Balaban J connectivity index is 2.73. The van der Waals surface area contributed by atoms with E-state index in [0.717, 1.165) is 27.2 Å². The highest BCUT2D eigenvalue weighted by atomic mass is 16.1. The minimum atomic E-state index is -0.0163. The maximum Gasteiger partial charge on any atom is 0.256 e. The zero-order valence-electron chi connectivity index (χ0n) is 8.95. The van der Waals surface area contributed by atoms with Crippen molar-refractivity contribution in [2.45, 2.75) is 6.92 Å². The van der Waals surface area contributed by atoms with Gasteiger partial charge in [0.15, 0.2) is 0 Å². The number of hydrogen-bond donors (Lipinski definition) is 1. The molecule has 1 aromatic heterocycles. The van der Waals surface area contributed by atoms with Crippen molar-refractivity contribution in [1.82, 2.24) is 4.98 Å². The third kappa shape index (κ3) is 1.16. The lowest BCUT2D eigenvalue weighted by Gasteiger charge is -2.05. The smallest absolute Gasteiger partial charge is 0.256 e. The number of hydrogen-bond acceptors (Lipinski definition) is 1. The molecule has 0 aliphatic rings. The molecule has 1 heterocycles. The topological polar surface area (TPSA) is 32.9 Å². The summed E-state index contributed by atoms with van der Waals surface area (Å²) in [4.78, 5) is 14.8. The summed E-state index contributed by atoms with van der Waals surface area (Å²) in [5.41, 5.74) is 2.02. The quantitative estimate of drug-likeness (QED) is 0.567. The fourth-order valence-electron chi connectivity index (χ4n) is 2.21. The molecule has 16 heavy (non-hydrogen) atoms. The summed E-state index contributed by atoms with van der Waals surface area (Å²) in [5, 5.41) is 2.93. The van der Waals surface area contributed by atoms with Gasteiger partial charge in [0.25, 0.3) is 5.56 Å². The maximum absolute atomic E-state index is 11.9. The van der Waals surface area contributed by atoms with Crippen LogP contribution in [0, 0.1) is 6.92 Å². The van der Waals surface area contributed by atoms with E-state index in [9.17, 15) is 4.79 Å². The van der Waals surface area contributed by atoms with Crippen molar-refractivity contribution < 1.29 is 0 Å². The molecular weight excluding hydrogens is 198 g/mol. The fourth-order valence-corrected chi connectivity index (χ4v) is 2.21. The van der Waals surface area contributed by atoms with Gasteiger partial charge in [0.05, 0.1) is 0 Å². The largest absolute Gasteiger partial charge is 0.321 e. The Morgan fingerprint density at radius 1 is 0.938 bits per heavy atom. The van der Waals surface area contributed by atoms with Gasteiger partial charge in [0.2, 0.25) is 0 Å². The Bertz CT molecular complexity index is 740. The summed E-state index contributed by atoms with van der Waals surface area (Å²) in [6, 6.07) is 13.7. The fraction of sp³-hybridized carbons (Fsp3) is 0.0714. The van der Waals surface area contributed by atoms with Gasteiger partial charge in [-0.05, 0) is 30.0 Å². The number of H-pyrrole nitrogens is 1. The van der Waals surface area contributed by atoms with Gasteiger partial charge in [-0.25, -0.2) is 0 Å². The molecule has 0 aliphatic heterocycles. The molecule has 0 bridgehead atoms. The summed E-state index contributed by atoms with van der Waals surface area (Å²) in [5.74, 6) is 0. The zero-order valence-corrected chi connectivity index (χ0v) is 8.95. The molecule has 2 heteroatoms. The predicted molar refractivity (Wildman–Crippen MR) is 66.8 cm³/mol. The number of aromatic amines is 1. The molecule has 0 saturated carbocycles. The summed E-state index contributed by atoms with van der Waals surface area (Å²) < 4.78 is 0. The van der Waals surface area contributed by atoms with Crippen LogP contribution in [0.2, 0.25) is 0 Å². The molecule has 78 valence electrons. The van der Waals surface area contributed by atoms with Crippen LogP contribution in [0.4, 0.5) is 0 Å². The number of rotatable bonds is 0. The van der Waals surface area contributed by atoms with Gasteiger partial charge in [-0.3, -0.25) is 4.79 Å². The van der Waals surface area contributed by atoms with E-state index in [2.05, 4.69) is 4.98 Å². The molecule has 0 aliphatic carbocycles. The predicted octanol–water partition coefficient (Wildman–Crippen LogP) is 2.99. The average molecular weight is 209 g/mol. The number of aromatic nitrogens is 1. The molecule has 0 radical (unpaired) electrons. The minimum absolute atomic E-state index is 0.0163. The summed E-state index contributed by atoms with van der Waals surface area (Å²) in [6.07, 6.45) is 0. The minimum Gasteiger partial charge on any atom is -0.321 e. The van der Waals surface area contributed by atoms with Gasteiger partial charge < -0.3 is 4.98 Å². The molecule has 0 atom stereocenters. The molecular formula is C14H11NO. The van der Waals surface area contributed by atoms with Gasteiger partial charge in [0, 0.05) is 16.3 Å². The second kappa shape index (κ2) is 3.20. The highest BCUT2D eigenvalue weighted by Gasteiger charge is 2.05. The maximum atomic E-state index is 11.9. The van der Waals surface area contributed by atoms with Crippen LogP contribution in [0.3, 0.4) is 0 Å². The monoisotopic (exact) mass is 209 g/mol. The van der Waals surface area contributed by atoms with Gasteiger partial charge in [-0.2, -0.15) is 0 Å². The normalized spacial score (nSPS) is 11.1. The van der Waals surface area contributed by atoms with Crippen molar-refractivity contribution >= 4 is 21.7 Å². The van der Waals surface area contributed by atoms with Crippen LogP contribution in [0.25, 0.3) is 21.7 Å². The molecule has 0 fully saturated rings. The second-order valence-corrected chi connectivity index (χ2v) is 4.00. The van der Waals surface area contributed by atoms with E-state index in [1.165, 1.54) is 0 Å². The summed E-state index contributed by atoms with van der Waals surface area (Å²) in [6.45, 7) is 2.04. The summed E-state index contributed by atoms with van der Waals surface area (Å²) >= 11 is 0. The van der Waals surface area contributed by atoms with E-state index >= 15 is 0 Å². The Morgan fingerprint density at radius 3 is 2.56 bits per heavy atom. The molecule has 0 unspecified atom stereocenters. The van der Waals surface area contributed by atoms with E-state index < -0.39 is 0 Å². The standard InChI is InChI=1S/C14H11NO/c1-9-5-4-7-11-13(9)10-6-2-3-8-12(10)15-14(11)16/h2-8H,1H3,(H,15,16). The highest BCUT2D eigenvalue weighted by Crippen LogP contribution is 2.23. The van der Waals surface area contributed by atoms with Gasteiger partial charge >= 0.3 is 0 Å². The van der Waals surface area contributed by atoms with E-state index in [1.54, 1.807) is 0 Å². The van der Waals surface area contributed by atoms with E-state index in [1.807, 2.05) is 49.4 Å². The lowest BCUT2D eigenvalue weighted by Crippen LogP contribution is -2.06. The molecule has 1 N–H and O–H groups in total. The number of pyridine rings is 1. The zero-order chi connectivity index (χ0) is 11.1. The van der Waals surface area contributed by atoms with Crippen LogP contribution < -0.4 is 5.56 Å². The Morgan fingerprint density at radius 2 is 1.69 bits per heavy atom. The van der Waals surface area contributed by atoms with Crippen LogP contribution in [0.15, 0.2) is 47.3 Å². The third-order valence-corrected chi connectivity index (χ3v) is 2.96. The lowest BCUT2D eigenvalue weighted by molar-refractivity contribution is 1.34. The number of benzene rings is 2. The van der Waals surface area contributed by atoms with Gasteiger partial charge in [-0.15, -0.1) is 0 Å². The third-order valence-electron chi connectivity index (χ3n) is 2.96. The second-order valence-electron chi connectivity index (χ2n) is 4.00. The molecule has 0 spiro atoms. The number of nitrogens with one attached hydrogen (secondary N) is 1. The Kier molecular flexibility index (Phi) is 1.83. The van der Waals surface area contributed by atoms with Crippen molar-refractivity contribution in [2.24, 2.45) is 0 Å². The first-order chi connectivity index (χ1) is 7.77. The first kappa shape index (κ1) is 9.16. The van der Waals surface area contributed by atoms with E-state index in [4.69, 9.17) is 0 Å². The van der Waals surface area contributed by atoms with Crippen LogP contribution in [0.1, 0.15) is 5.56 Å². The Labute approximate surface area is 92.5 Å². The number of aryl methyl sites for hydroxylation is 1. The molecule has 0 amide bonds. The molecule has 3 rings (SSSR count). The Hall–Kier alpha value is -2.09. The molecule has 2 aromatic carbocycles. The molecule has 3 aromatic rings. The van der Waals surface area contributed by atoms with Crippen LogP contribution in [-0.4, -0.2) is 4.98 Å². The average Bonchev–Trinajstić information content (AvgIpc) is 2.30. The first-order valence-corrected chi connectivity index (χ1v) is 5.28. The van der Waals surface area contributed by atoms with Crippen molar-refractivity contribution in [3.63, 3.8) is 0 Å². The van der Waals surface area contributed by atoms with E-state index in [-0.39, 0.29) is 5.56 Å². The molecule has 0 saturated heterocycles.